The molecule has 0 aliphatic heterocycles. The summed E-state index contributed by atoms with van der Waals surface area (Å²) in [5.41, 5.74) is 13.5. The van der Waals surface area contributed by atoms with E-state index in [1.807, 2.05) is 0 Å². The van der Waals surface area contributed by atoms with Gasteiger partial charge in [-0.15, -0.1) is 22.7 Å². The first-order valence-electron chi connectivity index (χ1n) is 14.6. The molecule has 0 saturated heterocycles. The molecule has 2 heteroatoms. The Labute approximate surface area is 253 Å². The molecule has 0 unspecified atom stereocenters. The van der Waals surface area contributed by atoms with Gasteiger partial charge < -0.3 is 0 Å². The third-order valence-electron chi connectivity index (χ3n) is 8.50. The van der Waals surface area contributed by atoms with Crippen molar-refractivity contribution < 1.29 is 0 Å². The molecule has 0 nitrogen and oxygen atoms in total. The molecule has 2 aromatic heterocycles. The average molecular weight is 571 g/mol. The summed E-state index contributed by atoms with van der Waals surface area (Å²) in [6.07, 6.45) is 9.13. The molecule has 0 radical (unpaired) electrons. The topological polar surface area (TPSA) is 0 Å². The van der Waals surface area contributed by atoms with Crippen LogP contribution in [0.4, 0.5) is 0 Å². The van der Waals surface area contributed by atoms with Crippen LogP contribution in [0.2, 0.25) is 0 Å². The summed E-state index contributed by atoms with van der Waals surface area (Å²) in [5, 5.41) is 4.28. The molecule has 1 aliphatic carbocycles. The van der Waals surface area contributed by atoms with Crippen molar-refractivity contribution in [2.75, 3.05) is 0 Å². The van der Waals surface area contributed by atoms with Gasteiger partial charge in [0, 0.05) is 15.2 Å². The van der Waals surface area contributed by atoms with Gasteiger partial charge in [-0.3, -0.25) is 0 Å². The molecule has 5 aromatic rings. The molecule has 0 atom stereocenters. The molecule has 6 rings (SSSR count). The summed E-state index contributed by atoms with van der Waals surface area (Å²) in [7, 11) is 0. The monoisotopic (exact) mass is 570 g/mol. The van der Waals surface area contributed by atoms with E-state index >= 15 is 0 Å². The molecule has 41 heavy (non-hydrogen) atoms. The molecule has 1 aliphatic rings. The minimum atomic E-state index is -0.0433. The number of thiophene rings is 2. The predicted molar refractivity (Wildman–Crippen MR) is 184 cm³/mol. The standard InChI is InChI=1S/C39H38S2/c1-25(2)27-13-17-33-34-18-14-30(24-38(34)39(5,6)37(33)23-27)36-22-28(11-15-31-9-7-19-40-31)35(26(3)4)21-29(36)12-16-32-10-8-20-41-32/h7-26H,1-6H3/b15-11+,16-12+. The van der Waals surface area contributed by atoms with Gasteiger partial charge in [-0.05, 0) is 115 Å². The van der Waals surface area contributed by atoms with E-state index in [0.29, 0.717) is 11.8 Å². The van der Waals surface area contributed by atoms with Crippen molar-refractivity contribution >= 4 is 47.0 Å². The lowest BCUT2D eigenvalue weighted by atomic mass is 9.80. The molecule has 2 heterocycles. The van der Waals surface area contributed by atoms with Crippen LogP contribution >= 0.6 is 22.7 Å². The number of rotatable bonds is 7. The zero-order chi connectivity index (χ0) is 28.7. The van der Waals surface area contributed by atoms with Crippen molar-refractivity contribution in [2.45, 2.75) is 58.8 Å². The van der Waals surface area contributed by atoms with Crippen LogP contribution in [-0.4, -0.2) is 0 Å². The second-order valence-electron chi connectivity index (χ2n) is 12.3. The largest absolute Gasteiger partial charge is 0.144 e. The van der Waals surface area contributed by atoms with E-state index < -0.39 is 0 Å². The molecular formula is C39H38S2. The van der Waals surface area contributed by atoms with E-state index in [9.17, 15) is 0 Å². The number of benzene rings is 3. The van der Waals surface area contributed by atoms with Gasteiger partial charge in [0.1, 0.15) is 0 Å². The van der Waals surface area contributed by atoms with E-state index in [1.165, 1.54) is 65.4 Å². The molecule has 0 N–H and O–H groups in total. The minimum absolute atomic E-state index is 0.0433. The van der Waals surface area contributed by atoms with Crippen molar-refractivity contribution in [2.24, 2.45) is 0 Å². The smallest absolute Gasteiger partial charge is 0.0270 e. The first-order valence-corrected chi connectivity index (χ1v) is 16.4. The van der Waals surface area contributed by atoms with Gasteiger partial charge >= 0.3 is 0 Å². The Morgan fingerprint density at radius 2 is 1.20 bits per heavy atom. The Bertz CT molecular complexity index is 1740. The fourth-order valence-corrected chi connectivity index (χ4v) is 7.32. The van der Waals surface area contributed by atoms with E-state index in [2.05, 4.69) is 149 Å². The zero-order valence-corrected chi connectivity index (χ0v) is 26.5. The van der Waals surface area contributed by atoms with Gasteiger partial charge in [-0.1, -0.05) is 102 Å². The lowest BCUT2D eigenvalue weighted by Crippen LogP contribution is -2.15. The highest BCUT2D eigenvalue weighted by molar-refractivity contribution is 7.11. The van der Waals surface area contributed by atoms with Gasteiger partial charge in [-0.2, -0.15) is 0 Å². The molecule has 0 bridgehead atoms. The normalized spacial score (nSPS) is 14.0. The van der Waals surface area contributed by atoms with Crippen LogP contribution in [0, 0.1) is 0 Å². The first kappa shape index (κ1) is 27.7. The maximum absolute atomic E-state index is 2.46. The average Bonchev–Trinajstić information content (AvgIpc) is 3.72. The Balaban J connectivity index is 1.51. The molecule has 3 aromatic carbocycles. The second-order valence-corrected chi connectivity index (χ2v) is 14.2. The van der Waals surface area contributed by atoms with Crippen LogP contribution in [0.15, 0.2) is 83.6 Å². The summed E-state index contributed by atoms with van der Waals surface area (Å²) < 4.78 is 0. The highest BCUT2D eigenvalue weighted by Gasteiger charge is 2.36. The number of hydrogen-bond acceptors (Lipinski definition) is 2. The SMILES string of the molecule is CC(C)c1ccc2c(c1)C(C)(C)c1cc(-c3cc(/C=C/c4cccs4)c(C(C)C)cc3/C=C/c3cccs3)ccc1-2. The van der Waals surface area contributed by atoms with Gasteiger partial charge in [0.25, 0.3) is 0 Å². The van der Waals surface area contributed by atoms with Crippen molar-refractivity contribution in [1.29, 1.82) is 0 Å². The third-order valence-corrected chi connectivity index (χ3v) is 10.2. The third kappa shape index (κ3) is 5.32. The summed E-state index contributed by atoms with van der Waals surface area (Å²) >= 11 is 3.56. The van der Waals surface area contributed by atoms with E-state index in [0.717, 1.165) is 0 Å². The molecule has 0 saturated carbocycles. The summed E-state index contributed by atoms with van der Waals surface area (Å²) in [5.74, 6) is 0.942. The fourth-order valence-electron chi connectivity index (χ4n) is 6.08. The highest BCUT2D eigenvalue weighted by atomic mass is 32.1. The maximum atomic E-state index is 2.46. The van der Waals surface area contributed by atoms with E-state index in [1.54, 1.807) is 22.7 Å². The highest BCUT2D eigenvalue weighted by Crippen LogP contribution is 2.50. The van der Waals surface area contributed by atoms with Crippen molar-refractivity contribution in [3.8, 4) is 22.3 Å². The Morgan fingerprint density at radius 1 is 0.585 bits per heavy atom. The van der Waals surface area contributed by atoms with Crippen LogP contribution in [0.1, 0.15) is 96.5 Å². The Kier molecular flexibility index (Phi) is 7.49. The van der Waals surface area contributed by atoms with Crippen LogP contribution in [0.3, 0.4) is 0 Å². The quantitative estimate of drug-likeness (QED) is 0.182. The molecular weight excluding hydrogens is 533 g/mol. The van der Waals surface area contributed by atoms with Crippen molar-refractivity contribution in [1.82, 2.24) is 0 Å². The van der Waals surface area contributed by atoms with Gasteiger partial charge in [0.15, 0.2) is 0 Å². The van der Waals surface area contributed by atoms with Crippen molar-refractivity contribution in [3.63, 3.8) is 0 Å². The lowest BCUT2D eigenvalue weighted by molar-refractivity contribution is 0.658. The van der Waals surface area contributed by atoms with Crippen LogP contribution < -0.4 is 0 Å². The number of hydrogen-bond donors (Lipinski definition) is 0. The first-order chi connectivity index (χ1) is 19.7. The van der Waals surface area contributed by atoms with Crippen LogP contribution in [-0.2, 0) is 5.41 Å². The van der Waals surface area contributed by atoms with Crippen LogP contribution in [0.5, 0.6) is 0 Å². The van der Waals surface area contributed by atoms with E-state index in [4.69, 9.17) is 0 Å². The second kappa shape index (κ2) is 11.1. The minimum Gasteiger partial charge on any atom is -0.144 e. The van der Waals surface area contributed by atoms with Gasteiger partial charge in [-0.25, -0.2) is 0 Å². The number of fused-ring (bicyclic) bond motifs is 3. The summed E-state index contributed by atoms with van der Waals surface area (Å²) in [6, 6.07) is 27.7. The predicted octanol–water partition coefficient (Wildman–Crippen LogP) is 12.4. The Morgan fingerprint density at radius 3 is 1.78 bits per heavy atom. The fraction of sp³-hybridized carbons (Fsp3) is 0.231. The lowest BCUT2D eigenvalue weighted by Gasteiger charge is -2.23. The van der Waals surface area contributed by atoms with Gasteiger partial charge in [0.05, 0.1) is 0 Å². The summed E-state index contributed by atoms with van der Waals surface area (Å²) in [6.45, 7) is 13.9. The van der Waals surface area contributed by atoms with Crippen LogP contribution in [0.25, 0.3) is 46.6 Å². The maximum Gasteiger partial charge on any atom is 0.0270 e. The molecule has 0 spiro atoms. The molecule has 0 amide bonds. The Hall–Kier alpha value is -3.46. The molecule has 206 valence electrons. The zero-order valence-electron chi connectivity index (χ0n) is 24.9. The molecule has 0 fully saturated rings. The van der Waals surface area contributed by atoms with Gasteiger partial charge in [0.2, 0.25) is 0 Å². The summed E-state index contributed by atoms with van der Waals surface area (Å²) in [4.78, 5) is 2.55. The van der Waals surface area contributed by atoms with Crippen molar-refractivity contribution in [3.05, 3.63) is 127 Å². The van der Waals surface area contributed by atoms with E-state index in [-0.39, 0.29) is 5.41 Å².